The van der Waals surface area contributed by atoms with E-state index >= 15 is 0 Å². The van der Waals surface area contributed by atoms with Gasteiger partial charge in [0.15, 0.2) is 6.79 Å². The number of carbonyl (C=O) groups is 1. The highest BCUT2D eigenvalue weighted by Gasteiger charge is 2.20. The summed E-state index contributed by atoms with van der Waals surface area (Å²) in [6.45, 7) is 0.147. The molecule has 0 amide bonds. The highest BCUT2D eigenvalue weighted by molar-refractivity contribution is 7.11. The van der Waals surface area contributed by atoms with Crippen molar-refractivity contribution in [3.05, 3.63) is 87.1 Å². The molecule has 0 spiro atoms. The second-order valence-corrected chi connectivity index (χ2v) is 7.27. The predicted molar refractivity (Wildman–Crippen MR) is 105 cm³/mol. The van der Waals surface area contributed by atoms with Crippen molar-refractivity contribution in [2.24, 2.45) is 0 Å². The van der Waals surface area contributed by atoms with Crippen molar-refractivity contribution >= 4 is 29.0 Å². The summed E-state index contributed by atoms with van der Waals surface area (Å²) >= 11 is 1.38. The second-order valence-electron chi connectivity index (χ2n) is 6.33. The van der Waals surface area contributed by atoms with Crippen LogP contribution in [0.1, 0.15) is 21.6 Å². The molecule has 1 aliphatic heterocycles. The van der Waals surface area contributed by atoms with E-state index in [1.165, 1.54) is 35.6 Å². The fourth-order valence-electron chi connectivity index (χ4n) is 2.97. The van der Waals surface area contributed by atoms with E-state index in [4.69, 9.17) is 14.2 Å². The van der Waals surface area contributed by atoms with E-state index in [1.54, 1.807) is 24.3 Å². The van der Waals surface area contributed by atoms with Crippen LogP contribution in [0, 0.1) is 11.6 Å². The van der Waals surface area contributed by atoms with E-state index in [0.717, 1.165) is 0 Å². The Morgan fingerprint density at radius 1 is 1.14 bits per heavy atom. The number of fused-ring (bicyclic) bond motifs is 1. The number of hydrogen-bond donors (Lipinski definition) is 0. The number of rotatable bonds is 5. The molecule has 3 aromatic rings. The average molecular weight is 414 g/mol. The molecule has 0 unspecified atom stereocenters. The van der Waals surface area contributed by atoms with Gasteiger partial charge in [0.1, 0.15) is 24.0 Å². The maximum atomic E-state index is 13.9. The molecule has 0 bridgehead atoms. The molecule has 7 heteroatoms. The Bertz CT molecular complexity index is 1040. The minimum Gasteiger partial charge on any atom is -0.467 e. The van der Waals surface area contributed by atoms with E-state index in [2.05, 4.69) is 0 Å². The molecule has 0 aliphatic carbocycles. The molecule has 148 valence electrons. The van der Waals surface area contributed by atoms with E-state index in [0.29, 0.717) is 32.9 Å². The zero-order chi connectivity index (χ0) is 20.2. The average Bonchev–Trinajstić information content (AvgIpc) is 3.25. The molecule has 0 fully saturated rings. The third-order valence-electron chi connectivity index (χ3n) is 4.30. The molecule has 1 aliphatic rings. The molecule has 0 atom stereocenters. The normalized spacial score (nSPS) is 13.5. The van der Waals surface area contributed by atoms with Gasteiger partial charge in [0.25, 0.3) is 0 Å². The highest BCUT2D eigenvalue weighted by Crippen LogP contribution is 2.31. The fourth-order valence-corrected chi connectivity index (χ4v) is 3.70. The van der Waals surface area contributed by atoms with Gasteiger partial charge in [-0.25, -0.2) is 13.6 Å². The largest absolute Gasteiger partial charge is 0.467 e. The van der Waals surface area contributed by atoms with Crippen LogP contribution in [-0.2, 0) is 27.5 Å². The third-order valence-corrected chi connectivity index (χ3v) is 5.20. The Morgan fingerprint density at radius 3 is 2.72 bits per heavy atom. The standard InChI is InChI=1S/C22H16F2O4S/c23-17-5-3-14(4-6-17)8-19(20-2-1-7-29-20)22(25)27-12-16-10-18(24)9-15-11-26-13-28-21(15)16/h1-10H,11-13H2/b19-8+. The molecule has 0 saturated heterocycles. The maximum absolute atomic E-state index is 13.9. The topological polar surface area (TPSA) is 44.8 Å². The van der Waals surface area contributed by atoms with Crippen molar-refractivity contribution < 1.29 is 27.8 Å². The zero-order valence-corrected chi connectivity index (χ0v) is 16.0. The number of benzene rings is 2. The molecule has 1 aromatic heterocycles. The number of halogens is 2. The predicted octanol–water partition coefficient (Wildman–Crippen LogP) is 5.18. The van der Waals surface area contributed by atoms with Gasteiger partial charge in [-0.15, -0.1) is 11.3 Å². The van der Waals surface area contributed by atoms with Crippen LogP contribution >= 0.6 is 11.3 Å². The highest BCUT2D eigenvalue weighted by atomic mass is 32.1. The van der Waals surface area contributed by atoms with Crippen molar-refractivity contribution in [2.75, 3.05) is 6.79 Å². The third kappa shape index (κ3) is 4.52. The molecule has 0 saturated carbocycles. The molecule has 29 heavy (non-hydrogen) atoms. The van der Waals surface area contributed by atoms with Gasteiger partial charge in [0.2, 0.25) is 0 Å². The van der Waals surface area contributed by atoms with Crippen molar-refractivity contribution in [1.82, 2.24) is 0 Å². The Labute approximate surface area is 170 Å². The van der Waals surface area contributed by atoms with Gasteiger partial charge < -0.3 is 14.2 Å². The monoisotopic (exact) mass is 414 g/mol. The number of esters is 1. The first-order valence-electron chi connectivity index (χ1n) is 8.80. The lowest BCUT2D eigenvalue weighted by molar-refractivity contribution is -0.137. The van der Waals surface area contributed by atoms with Crippen LogP contribution in [0.25, 0.3) is 11.6 Å². The maximum Gasteiger partial charge on any atom is 0.339 e. The van der Waals surface area contributed by atoms with E-state index < -0.39 is 11.8 Å². The minimum atomic E-state index is -0.568. The first kappa shape index (κ1) is 19.3. The summed E-state index contributed by atoms with van der Waals surface area (Å²) in [6.07, 6.45) is 1.64. The van der Waals surface area contributed by atoms with E-state index in [-0.39, 0.29) is 25.8 Å². The van der Waals surface area contributed by atoms with Crippen LogP contribution in [0.4, 0.5) is 8.78 Å². The summed E-state index contributed by atoms with van der Waals surface area (Å²) < 4.78 is 43.1. The van der Waals surface area contributed by atoms with Crippen molar-refractivity contribution in [2.45, 2.75) is 13.2 Å². The van der Waals surface area contributed by atoms with Gasteiger partial charge >= 0.3 is 5.97 Å². The van der Waals surface area contributed by atoms with E-state index in [1.807, 2.05) is 11.4 Å². The number of hydrogen-bond acceptors (Lipinski definition) is 5. The summed E-state index contributed by atoms with van der Waals surface area (Å²) in [5.74, 6) is -0.904. The molecule has 4 nitrogen and oxygen atoms in total. The SMILES string of the molecule is O=C(OCc1cc(F)cc2c1OCOC2)/C(=C/c1ccc(F)cc1)c1cccs1. The molecular formula is C22H16F2O4S. The number of carbonyl (C=O) groups excluding carboxylic acids is 1. The minimum absolute atomic E-state index is 0.0600. The summed E-state index contributed by atoms with van der Waals surface area (Å²) in [7, 11) is 0. The summed E-state index contributed by atoms with van der Waals surface area (Å²) in [4.78, 5) is 13.5. The van der Waals surface area contributed by atoms with E-state index in [9.17, 15) is 13.6 Å². The summed E-state index contributed by atoms with van der Waals surface area (Å²) in [5.41, 5.74) is 2.00. The van der Waals surface area contributed by atoms with Crippen LogP contribution in [0.15, 0.2) is 53.9 Å². The second kappa shape index (κ2) is 8.55. The van der Waals surface area contributed by atoms with Crippen LogP contribution < -0.4 is 4.74 Å². The van der Waals surface area contributed by atoms with Gasteiger partial charge in [-0.2, -0.15) is 0 Å². The lowest BCUT2D eigenvalue weighted by Crippen LogP contribution is -2.15. The van der Waals surface area contributed by atoms with Crippen LogP contribution in [0.5, 0.6) is 5.75 Å². The molecule has 2 heterocycles. The van der Waals surface area contributed by atoms with Gasteiger partial charge in [-0.05, 0) is 47.4 Å². The smallest absolute Gasteiger partial charge is 0.339 e. The Kier molecular flexibility index (Phi) is 5.69. The Morgan fingerprint density at radius 2 is 1.97 bits per heavy atom. The van der Waals surface area contributed by atoms with Crippen LogP contribution in [-0.4, -0.2) is 12.8 Å². The first-order chi connectivity index (χ1) is 14.1. The first-order valence-corrected chi connectivity index (χ1v) is 9.68. The molecular weight excluding hydrogens is 398 g/mol. The van der Waals surface area contributed by atoms with Crippen molar-refractivity contribution in [3.63, 3.8) is 0 Å². The number of ether oxygens (including phenoxy) is 3. The van der Waals surface area contributed by atoms with Gasteiger partial charge in [-0.3, -0.25) is 0 Å². The summed E-state index contributed by atoms with van der Waals surface area (Å²) in [5, 5.41) is 1.85. The van der Waals surface area contributed by atoms with Crippen LogP contribution in [0.2, 0.25) is 0 Å². The molecule has 0 radical (unpaired) electrons. The summed E-state index contributed by atoms with van der Waals surface area (Å²) in [6, 6.07) is 12.0. The van der Waals surface area contributed by atoms with Crippen LogP contribution in [0.3, 0.4) is 0 Å². The zero-order valence-electron chi connectivity index (χ0n) is 15.2. The Hall–Kier alpha value is -3.03. The fraction of sp³-hybridized carbons (Fsp3) is 0.136. The lowest BCUT2D eigenvalue weighted by Gasteiger charge is -2.20. The Balaban J connectivity index is 1.58. The van der Waals surface area contributed by atoms with Gasteiger partial charge in [0, 0.05) is 16.0 Å². The number of thiophene rings is 1. The van der Waals surface area contributed by atoms with Crippen molar-refractivity contribution in [1.29, 1.82) is 0 Å². The lowest BCUT2D eigenvalue weighted by atomic mass is 10.1. The van der Waals surface area contributed by atoms with Gasteiger partial charge in [0.05, 0.1) is 12.2 Å². The molecule has 4 rings (SSSR count). The molecule has 0 N–H and O–H groups in total. The quantitative estimate of drug-likeness (QED) is 0.426. The van der Waals surface area contributed by atoms with Crippen molar-refractivity contribution in [3.8, 4) is 5.75 Å². The van der Waals surface area contributed by atoms with Gasteiger partial charge in [-0.1, -0.05) is 18.2 Å². The molecule has 2 aromatic carbocycles.